The largest absolute Gasteiger partial charge is 0.507 e. The van der Waals surface area contributed by atoms with Gasteiger partial charge in [-0.25, -0.2) is 24.5 Å². The predicted octanol–water partition coefficient (Wildman–Crippen LogP) is 16.0. The van der Waals surface area contributed by atoms with Crippen LogP contribution in [0.2, 0.25) is 0 Å². The summed E-state index contributed by atoms with van der Waals surface area (Å²) in [5.74, 6) is -0.206. The molecule has 72 heavy (non-hydrogen) atoms. The number of phenolic OH excluding ortho intramolecular Hbond substituents is 2. The van der Waals surface area contributed by atoms with Crippen LogP contribution in [0, 0.1) is 5.92 Å². The van der Waals surface area contributed by atoms with Gasteiger partial charge in [0.25, 0.3) is 0 Å². The van der Waals surface area contributed by atoms with Gasteiger partial charge in [0, 0.05) is 17.7 Å². The summed E-state index contributed by atoms with van der Waals surface area (Å²) in [5, 5.41) is 31.7. The number of aliphatic carboxylic acids is 1. The number of carbonyl (C=O) groups excluding carboxylic acids is 1. The SMILES string of the molecule is CCCCCCCCCCCCCCCCC(CCCCCCCCCCCCCC)COC(=O)C(C)Oc1ccc(-c2nc(-c3ccc(OC)cc3)nc(-c3ccc(OC(C)C(=O)O)cc3O)n2)c(O)c1. The number of aromatic hydroxyl groups is 2. The second-order valence-corrected chi connectivity index (χ2v) is 19.8. The van der Waals surface area contributed by atoms with Crippen molar-refractivity contribution < 1.29 is 43.9 Å². The zero-order valence-electron chi connectivity index (χ0n) is 44.6. The number of carboxylic acid groups (broad SMARTS) is 1. The van der Waals surface area contributed by atoms with Gasteiger partial charge in [-0.05, 0) is 81.1 Å². The number of hydrogen-bond acceptors (Lipinski definition) is 11. The number of ether oxygens (including phenoxy) is 4. The summed E-state index contributed by atoms with van der Waals surface area (Å²) < 4.78 is 22.8. The van der Waals surface area contributed by atoms with Crippen LogP contribution < -0.4 is 14.2 Å². The molecule has 0 saturated heterocycles. The average Bonchev–Trinajstić information content (AvgIpc) is 3.37. The minimum Gasteiger partial charge on any atom is -0.507 e. The maximum absolute atomic E-state index is 13.4. The molecule has 12 nitrogen and oxygen atoms in total. The molecule has 0 saturated carbocycles. The Hall–Kier alpha value is -5.39. The molecule has 0 bridgehead atoms. The highest BCUT2D eigenvalue weighted by Crippen LogP contribution is 2.36. The van der Waals surface area contributed by atoms with Crippen molar-refractivity contribution in [2.75, 3.05) is 13.7 Å². The molecule has 0 amide bonds. The lowest BCUT2D eigenvalue weighted by atomic mass is 9.94. The van der Waals surface area contributed by atoms with Gasteiger partial charge in [-0.3, -0.25) is 0 Å². The van der Waals surface area contributed by atoms with Crippen molar-refractivity contribution in [3.05, 3.63) is 60.7 Å². The third kappa shape index (κ3) is 22.6. The van der Waals surface area contributed by atoms with Crippen LogP contribution in [0.3, 0.4) is 0 Å². The number of nitrogens with zero attached hydrogens (tertiary/aromatic N) is 3. The van der Waals surface area contributed by atoms with Crippen LogP contribution in [0.5, 0.6) is 28.7 Å². The van der Waals surface area contributed by atoms with Crippen LogP contribution in [0.25, 0.3) is 34.2 Å². The first-order valence-corrected chi connectivity index (χ1v) is 27.8. The van der Waals surface area contributed by atoms with E-state index >= 15 is 0 Å². The van der Waals surface area contributed by atoms with Crippen molar-refractivity contribution in [3.8, 4) is 62.9 Å². The molecule has 4 aromatic rings. The van der Waals surface area contributed by atoms with Crippen LogP contribution in [0.15, 0.2) is 60.7 Å². The lowest BCUT2D eigenvalue weighted by molar-refractivity contribution is -0.152. The normalized spacial score (nSPS) is 12.6. The van der Waals surface area contributed by atoms with Gasteiger partial charge in [0.1, 0.15) is 28.7 Å². The van der Waals surface area contributed by atoms with E-state index < -0.39 is 24.1 Å². The summed E-state index contributed by atoms with van der Waals surface area (Å²) in [7, 11) is 1.57. The van der Waals surface area contributed by atoms with Crippen molar-refractivity contribution in [2.45, 2.75) is 220 Å². The van der Waals surface area contributed by atoms with E-state index in [1.807, 2.05) is 0 Å². The fourth-order valence-electron chi connectivity index (χ4n) is 9.07. The van der Waals surface area contributed by atoms with Crippen LogP contribution in [-0.2, 0) is 14.3 Å². The summed E-state index contributed by atoms with van der Waals surface area (Å²) in [4.78, 5) is 38.7. The van der Waals surface area contributed by atoms with Crippen molar-refractivity contribution in [2.24, 2.45) is 5.92 Å². The molecule has 12 heteroatoms. The zero-order chi connectivity index (χ0) is 51.8. The number of phenols is 2. The average molecular weight is 996 g/mol. The van der Waals surface area contributed by atoms with Crippen LogP contribution in [0.4, 0.5) is 0 Å². The molecule has 3 atom stereocenters. The number of benzene rings is 3. The molecular weight excluding hydrogens is 907 g/mol. The van der Waals surface area contributed by atoms with Gasteiger partial charge in [-0.2, -0.15) is 0 Å². The Morgan fingerprint density at radius 2 is 0.847 bits per heavy atom. The minimum absolute atomic E-state index is 0.0960. The number of methoxy groups -OCH3 is 1. The van der Waals surface area contributed by atoms with Crippen molar-refractivity contribution in [1.29, 1.82) is 0 Å². The fraction of sp³-hybridized carbons (Fsp3) is 0.617. The first kappa shape index (κ1) is 59.2. The van der Waals surface area contributed by atoms with Gasteiger partial charge in [-0.15, -0.1) is 0 Å². The smallest absolute Gasteiger partial charge is 0.347 e. The first-order chi connectivity index (χ1) is 35.0. The fourth-order valence-corrected chi connectivity index (χ4v) is 9.07. The Kier molecular flexibility index (Phi) is 28.7. The van der Waals surface area contributed by atoms with Crippen LogP contribution >= 0.6 is 0 Å². The molecule has 398 valence electrons. The molecule has 3 aromatic carbocycles. The highest BCUT2D eigenvalue weighted by molar-refractivity contribution is 5.76. The monoisotopic (exact) mass is 996 g/mol. The zero-order valence-corrected chi connectivity index (χ0v) is 44.6. The molecule has 0 radical (unpaired) electrons. The van der Waals surface area contributed by atoms with Crippen molar-refractivity contribution in [1.82, 2.24) is 15.0 Å². The van der Waals surface area contributed by atoms with Crippen LogP contribution in [-0.4, -0.2) is 68.1 Å². The molecule has 0 fully saturated rings. The van der Waals surface area contributed by atoms with E-state index in [1.54, 1.807) is 50.4 Å². The van der Waals surface area contributed by atoms with E-state index in [4.69, 9.17) is 18.9 Å². The van der Waals surface area contributed by atoms with Gasteiger partial charge in [0.15, 0.2) is 29.7 Å². The number of rotatable bonds is 40. The van der Waals surface area contributed by atoms with E-state index in [0.29, 0.717) is 23.8 Å². The minimum atomic E-state index is -1.15. The Morgan fingerprint density at radius 1 is 0.486 bits per heavy atom. The summed E-state index contributed by atoms with van der Waals surface area (Å²) in [6, 6.07) is 16.1. The number of aromatic nitrogens is 3. The molecule has 0 aliphatic carbocycles. The predicted molar refractivity (Wildman–Crippen MR) is 289 cm³/mol. The van der Waals surface area contributed by atoms with E-state index in [1.165, 1.54) is 185 Å². The van der Waals surface area contributed by atoms with Gasteiger partial charge in [0.2, 0.25) is 0 Å². The quantitative estimate of drug-likeness (QED) is 0.0285. The Morgan fingerprint density at radius 3 is 1.22 bits per heavy atom. The molecule has 1 heterocycles. The first-order valence-electron chi connectivity index (χ1n) is 27.8. The highest BCUT2D eigenvalue weighted by atomic mass is 16.6. The number of carbonyl (C=O) groups is 2. The third-order valence-electron chi connectivity index (χ3n) is 13.6. The maximum Gasteiger partial charge on any atom is 0.347 e. The number of unbranched alkanes of at least 4 members (excludes halogenated alkanes) is 24. The molecule has 4 rings (SSSR count). The van der Waals surface area contributed by atoms with Gasteiger partial charge < -0.3 is 34.3 Å². The van der Waals surface area contributed by atoms with Crippen molar-refractivity contribution >= 4 is 11.9 Å². The van der Waals surface area contributed by atoms with E-state index in [-0.39, 0.29) is 51.6 Å². The number of hydrogen-bond donors (Lipinski definition) is 3. The Bertz CT molecular complexity index is 2130. The molecule has 0 spiro atoms. The molecular formula is C60H89N3O9. The number of esters is 1. The molecule has 0 aliphatic heterocycles. The van der Waals surface area contributed by atoms with Gasteiger partial charge in [-0.1, -0.05) is 181 Å². The van der Waals surface area contributed by atoms with Crippen molar-refractivity contribution in [3.63, 3.8) is 0 Å². The molecule has 3 N–H and O–H groups in total. The summed E-state index contributed by atoms with van der Waals surface area (Å²) >= 11 is 0. The highest BCUT2D eigenvalue weighted by Gasteiger charge is 2.22. The van der Waals surface area contributed by atoms with E-state index in [9.17, 15) is 24.9 Å². The van der Waals surface area contributed by atoms with Gasteiger partial charge in [0.05, 0.1) is 24.8 Å². The summed E-state index contributed by atoms with van der Waals surface area (Å²) in [6.07, 6.45) is 34.4. The second kappa shape index (κ2) is 34.9. The lowest BCUT2D eigenvalue weighted by Gasteiger charge is -2.20. The van der Waals surface area contributed by atoms with E-state index in [2.05, 4.69) is 28.8 Å². The van der Waals surface area contributed by atoms with Crippen LogP contribution in [0.1, 0.15) is 207 Å². The van der Waals surface area contributed by atoms with Gasteiger partial charge >= 0.3 is 11.9 Å². The lowest BCUT2D eigenvalue weighted by Crippen LogP contribution is -2.28. The second-order valence-electron chi connectivity index (χ2n) is 19.8. The summed E-state index contributed by atoms with van der Waals surface area (Å²) in [6.45, 7) is 7.96. The Labute approximate surface area is 432 Å². The molecule has 0 aliphatic rings. The molecule has 3 unspecified atom stereocenters. The standard InChI is InChI=1S/C60H89N3O9/c1-6-8-10-12-14-16-18-20-21-23-25-27-29-31-33-47(32-30-28-26-24-22-19-17-15-13-11-9-7-2)44-70-60(68)46(4)72-51-39-41-53(55(65)43-51)58-62-56(48-34-36-49(69-5)37-35-48)61-57(63-58)52-40-38-50(42-54(52)64)71-45(3)59(66)67/h34-43,45-47,64-65H,6-33,44H2,1-5H3,(H,66,67). The Balaban J connectivity index is 1.34. The maximum atomic E-state index is 13.4. The molecule has 1 aromatic heterocycles. The third-order valence-corrected chi connectivity index (χ3v) is 13.6. The van der Waals surface area contributed by atoms with E-state index in [0.717, 1.165) is 25.7 Å². The number of carboxylic acids is 1. The summed E-state index contributed by atoms with van der Waals surface area (Å²) in [5.41, 5.74) is 1.11. The topological polar surface area (TPSA) is 170 Å².